The lowest BCUT2D eigenvalue weighted by atomic mass is 10.1. The zero-order valence-electron chi connectivity index (χ0n) is 14.2. The van der Waals surface area contributed by atoms with Crippen LogP contribution in [0, 0.1) is 12.8 Å². The monoisotopic (exact) mass is 436 g/mol. The largest absolute Gasteiger partial charge is 0.352 e. The molecule has 2 heterocycles. The molecule has 0 bridgehead atoms. The number of nitrogens with one attached hydrogen (secondary N) is 2. The zero-order chi connectivity index (χ0) is 15.4. The molecule has 0 spiro atoms. The van der Waals surface area contributed by atoms with Gasteiger partial charge in [0.05, 0.1) is 6.54 Å². The van der Waals surface area contributed by atoms with Crippen LogP contribution in [0.15, 0.2) is 17.1 Å². The Hall–Kier alpha value is -0.340. The Bertz CT molecular complexity index is 486. The highest BCUT2D eigenvalue weighted by Gasteiger charge is 2.31. The molecule has 2 N–H and O–H groups in total. The summed E-state index contributed by atoms with van der Waals surface area (Å²) in [5, 5.41) is 7.00. The first-order chi connectivity index (χ1) is 9.99. The predicted molar refractivity (Wildman–Crippen MR) is 107 cm³/mol. The highest BCUT2D eigenvalue weighted by atomic mass is 127. The van der Waals surface area contributed by atoms with Crippen molar-refractivity contribution in [3.05, 3.63) is 21.9 Å². The molecule has 6 heteroatoms. The van der Waals surface area contributed by atoms with Gasteiger partial charge in [0.15, 0.2) is 5.96 Å². The lowest BCUT2D eigenvalue weighted by molar-refractivity contribution is 0.265. The summed E-state index contributed by atoms with van der Waals surface area (Å²) >= 11 is 1.83. The van der Waals surface area contributed by atoms with Crippen molar-refractivity contribution in [1.82, 2.24) is 15.5 Å². The molecule has 0 radical (unpaired) electrons. The summed E-state index contributed by atoms with van der Waals surface area (Å²) in [5.74, 6) is 1.55. The highest BCUT2D eigenvalue weighted by Crippen LogP contribution is 2.18. The second-order valence-corrected chi connectivity index (χ2v) is 7.59. The normalized spacial score (nSPS) is 22.7. The maximum Gasteiger partial charge on any atom is 0.191 e. The van der Waals surface area contributed by atoms with Crippen molar-refractivity contribution in [2.24, 2.45) is 10.9 Å². The second kappa shape index (κ2) is 9.08. The summed E-state index contributed by atoms with van der Waals surface area (Å²) in [4.78, 5) is 9.58. The first kappa shape index (κ1) is 19.7. The molecule has 0 saturated carbocycles. The number of hydrogen-bond acceptors (Lipinski definition) is 3. The van der Waals surface area contributed by atoms with Crippen molar-refractivity contribution in [1.29, 1.82) is 0 Å². The number of guanidine groups is 1. The van der Waals surface area contributed by atoms with E-state index in [1.807, 2.05) is 18.4 Å². The van der Waals surface area contributed by atoms with Gasteiger partial charge in [-0.05, 0) is 38.8 Å². The van der Waals surface area contributed by atoms with Crippen LogP contribution in [0.2, 0.25) is 0 Å². The third-order valence-corrected chi connectivity index (χ3v) is 5.14. The van der Waals surface area contributed by atoms with Crippen molar-refractivity contribution in [3.8, 4) is 0 Å². The minimum atomic E-state index is 0. The smallest absolute Gasteiger partial charge is 0.191 e. The van der Waals surface area contributed by atoms with E-state index in [-0.39, 0.29) is 24.0 Å². The van der Waals surface area contributed by atoms with Crippen LogP contribution in [0.4, 0.5) is 0 Å². The Kier molecular flexibility index (Phi) is 8.13. The molecule has 0 aliphatic carbocycles. The first-order valence-corrected chi connectivity index (χ1v) is 8.57. The lowest BCUT2D eigenvalue weighted by Gasteiger charge is -2.21. The van der Waals surface area contributed by atoms with Gasteiger partial charge in [-0.1, -0.05) is 6.92 Å². The Labute approximate surface area is 155 Å². The van der Waals surface area contributed by atoms with Gasteiger partial charge in [0.25, 0.3) is 0 Å². The Balaban J connectivity index is 0.00000242. The molecular weight excluding hydrogens is 407 g/mol. The van der Waals surface area contributed by atoms with Gasteiger partial charge in [-0.15, -0.1) is 35.3 Å². The summed E-state index contributed by atoms with van der Waals surface area (Å²) in [6.07, 6.45) is 0. The molecule has 2 atom stereocenters. The van der Waals surface area contributed by atoms with Crippen molar-refractivity contribution >= 4 is 41.3 Å². The van der Waals surface area contributed by atoms with Gasteiger partial charge in [0.2, 0.25) is 0 Å². The molecule has 2 rings (SSSR count). The van der Waals surface area contributed by atoms with Crippen LogP contribution < -0.4 is 10.6 Å². The van der Waals surface area contributed by atoms with Crippen molar-refractivity contribution in [2.45, 2.75) is 46.3 Å². The molecule has 0 aromatic carbocycles. The van der Waals surface area contributed by atoms with Gasteiger partial charge >= 0.3 is 0 Å². The van der Waals surface area contributed by atoms with Gasteiger partial charge in [-0.25, -0.2) is 0 Å². The highest BCUT2D eigenvalue weighted by molar-refractivity contribution is 14.0. The fourth-order valence-corrected chi connectivity index (χ4v) is 3.57. The van der Waals surface area contributed by atoms with Crippen LogP contribution >= 0.6 is 35.3 Å². The molecule has 1 aromatic heterocycles. The van der Waals surface area contributed by atoms with Gasteiger partial charge in [-0.3, -0.25) is 9.89 Å². The molecule has 4 nitrogen and oxygen atoms in total. The fraction of sp³-hybridized carbons (Fsp3) is 0.688. The maximum absolute atomic E-state index is 4.36. The van der Waals surface area contributed by atoms with E-state index in [1.165, 1.54) is 9.75 Å². The Morgan fingerprint density at radius 1 is 1.41 bits per heavy atom. The van der Waals surface area contributed by atoms with Crippen LogP contribution in [0.5, 0.6) is 0 Å². The van der Waals surface area contributed by atoms with Crippen molar-refractivity contribution in [3.63, 3.8) is 0 Å². The number of thiophene rings is 1. The third-order valence-electron chi connectivity index (χ3n) is 4.14. The SMILES string of the molecule is CN=C(NCc1ccc(C)s1)NC1CN(C(C)C)CC1C.I. The Morgan fingerprint density at radius 2 is 2.14 bits per heavy atom. The van der Waals surface area contributed by atoms with E-state index in [0.29, 0.717) is 18.0 Å². The van der Waals surface area contributed by atoms with Crippen LogP contribution in [-0.2, 0) is 6.54 Å². The van der Waals surface area contributed by atoms with Gasteiger partial charge in [0.1, 0.15) is 0 Å². The van der Waals surface area contributed by atoms with Crippen LogP contribution in [0.3, 0.4) is 0 Å². The molecule has 1 aliphatic heterocycles. The predicted octanol–water partition coefficient (Wildman–Crippen LogP) is 3.07. The van der Waals surface area contributed by atoms with E-state index in [2.05, 4.69) is 60.4 Å². The Morgan fingerprint density at radius 3 is 2.64 bits per heavy atom. The molecule has 126 valence electrons. The molecule has 2 unspecified atom stereocenters. The second-order valence-electron chi connectivity index (χ2n) is 6.21. The summed E-state index contributed by atoms with van der Waals surface area (Å²) in [6.45, 7) is 12.1. The number of aryl methyl sites for hydroxylation is 1. The van der Waals surface area contributed by atoms with Gasteiger partial charge in [-0.2, -0.15) is 0 Å². The number of nitrogens with zero attached hydrogens (tertiary/aromatic N) is 2. The minimum absolute atomic E-state index is 0. The van der Waals surface area contributed by atoms with Gasteiger partial charge < -0.3 is 10.6 Å². The van der Waals surface area contributed by atoms with E-state index in [0.717, 1.165) is 25.6 Å². The minimum Gasteiger partial charge on any atom is -0.352 e. The van der Waals surface area contributed by atoms with Crippen molar-refractivity contribution < 1.29 is 0 Å². The number of likely N-dealkylation sites (tertiary alicyclic amines) is 1. The number of rotatable bonds is 4. The molecule has 1 fully saturated rings. The van der Waals surface area contributed by atoms with Crippen molar-refractivity contribution in [2.75, 3.05) is 20.1 Å². The summed E-state index contributed by atoms with van der Waals surface area (Å²) in [6, 6.07) is 5.43. The standard InChI is InChI=1S/C16H28N4S.HI/c1-11(2)20-9-12(3)15(10-20)19-16(17-5)18-8-14-7-6-13(4)21-14;/h6-7,11-12,15H,8-10H2,1-5H3,(H2,17,18,19);1H. The van der Waals surface area contributed by atoms with E-state index in [9.17, 15) is 0 Å². The van der Waals surface area contributed by atoms with Crippen LogP contribution in [0.25, 0.3) is 0 Å². The quantitative estimate of drug-likeness (QED) is 0.433. The van der Waals surface area contributed by atoms with E-state index >= 15 is 0 Å². The fourth-order valence-electron chi connectivity index (χ4n) is 2.74. The molecular formula is C16H29IN4S. The molecule has 1 aliphatic rings. The summed E-state index contributed by atoms with van der Waals surface area (Å²) < 4.78 is 0. The topological polar surface area (TPSA) is 39.7 Å². The molecule has 22 heavy (non-hydrogen) atoms. The van der Waals surface area contributed by atoms with Crippen LogP contribution in [0.1, 0.15) is 30.5 Å². The molecule has 1 aromatic rings. The summed E-state index contributed by atoms with van der Waals surface area (Å²) in [5.41, 5.74) is 0. The molecule has 0 amide bonds. The van der Waals surface area contributed by atoms with E-state index in [4.69, 9.17) is 0 Å². The number of aliphatic imine (C=N–C) groups is 1. The van der Waals surface area contributed by atoms with E-state index in [1.54, 1.807) is 0 Å². The van der Waals surface area contributed by atoms with Crippen LogP contribution in [-0.4, -0.2) is 43.1 Å². The average Bonchev–Trinajstić information content (AvgIpc) is 3.01. The molecule has 1 saturated heterocycles. The zero-order valence-corrected chi connectivity index (χ0v) is 17.4. The number of halogens is 1. The average molecular weight is 436 g/mol. The van der Waals surface area contributed by atoms with E-state index < -0.39 is 0 Å². The number of hydrogen-bond donors (Lipinski definition) is 2. The lowest BCUT2D eigenvalue weighted by Crippen LogP contribution is -2.46. The van der Waals surface area contributed by atoms with Gasteiger partial charge in [0, 0.05) is 42.0 Å². The maximum atomic E-state index is 4.36. The first-order valence-electron chi connectivity index (χ1n) is 7.76. The third kappa shape index (κ3) is 5.38. The summed E-state index contributed by atoms with van der Waals surface area (Å²) in [7, 11) is 1.84.